The average Bonchev–Trinajstić information content (AvgIpc) is 2.28. The van der Waals surface area contributed by atoms with Crippen molar-refractivity contribution in [3.63, 3.8) is 0 Å². The standard InChI is InChI=1S/C11H12Br4O/c1-2-3-4-5-16-8-6-7(12)9(13)11(15)10(8)14/h6H,2-5H2,1H3. The monoisotopic (exact) mass is 476 g/mol. The van der Waals surface area contributed by atoms with Crippen molar-refractivity contribution in [3.8, 4) is 5.75 Å². The van der Waals surface area contributed by atoms with Gasteiger partial charge in [-0.2, -0.15) is 0 Å². The van der Waals surface area contributed by atoms with Crippen LogP contribution in [-0.2, 0) is 0 Å². The molecule has 5 heteroatoms. The van der Waals surface area contributed by atoms with Crippen LogP contribution in [0.1, 0.15) is 26.2 Å². The number of unbranched alkanes of at least 4 members (excludes halogenated alkanes) is 2. The molecular formula is C11H12Br4O. The van der Waals surface area contributed by atoms with Gasteiger partial charge < -0.3 is 4.74 Å². The average molecular weight is 480 g/mol. The molecule has 0 aliphatic heterocycles. The lowest BCUT2D eigenvalue weighted by Gasteiger charge is -2.11. The highest BCUT2D eigenvalue weighted by molar-refractivity contribution is 9.15. The van der Waals surface area contributed by atoms with Crippen LogP contribution >= 0.6 is 63.7 Å². The van der Waals surface area contributed by atoms with Crippen molar-refractivity contribution >= 4 is 63.7 Å². The molecule has 0 atom stereocenters. The summed E-state index contributed by atoms with van der Waals surface area (Å²) in [5.74, 6) is 0.859. The van der Waals surface area contributed by atoms with Crippen molar-refractivity contribution < 1.29 is 4.74 Å². The molecule has 0 N–H and O–H groups in total. The lowest BCUT2D eigenvalue weighted by Crippen LogP contribution is -1.98. The largest absolute Gasteiger partial charge is 0.492 e. The Kier molecular flexibility index (Phi) is 6.93. The van der Waals surface area contributed by atoms with Gasteiger partial charge >= 0.3 is 0 Å². The van der Waals surface area contributed by atoms with E-state index in [0.29, 0.717) is 0 Å². The van der Waals surface area contributed by atoms with E-state index in [1.54, 1.807) is 0 Å². The molecule has 1 aromatic rings. The molecule has 0 spiro atoms. The zero-order valence-electron chi connectivity index (χ0n) is 8.83. The van der Waals surface area contributed by atoms with Crippen molar-refractivity contribution in [2.24, 2.45) is 0 Å². The van der Waals surface area contributed by atoms with Gasteiger partial charge in [-0.1, -0.05) is 19.8 Å². The summed E-state index contributed by atoms with van der Waals surface area (Å²) in [5.41, 5.74) is 0. The number of hydrogen-bond donors (Lipinski definition) is 0. The van der Waals surface area contributed by atoms with Crippen LogP contribution in [-0.4, -0.2) is 6.61 Å². The van der Waals surface area contributed by atoms with Gasteiger partial charge in [0.15, 0.2) is 0 Å². The van der Waals surface area contributed by atoms with E-state index < -0.39 is 0 Å². The molecule has 0 heterocycles. The zero-order valence-corrected chi connectivity index (χ0v) is 15.2. The Balaban J connectivity index is 2.73. The van der Waals surface area contributed by atoms with E-state index in [-0.39, 0.29) is 0 Å². The quantitative estimate of drug-likeness (QED) is 0.273. The van der Waals surface area contributed by atoms with Gasteiger partial charge in [0.25, 0.3) is 0 Å². The number of hydrogen-bond acceptors (Lipinski definition) is 1. The molecule has 0 bridgehead atoms. The molecule has 0 amide bonds. The minimum atomic E-state index is 0.757. The molecule has 0 aliphatic carbocycles. The second kappa shape index (κ2) is 7.39. The van der Waals surface area contributed by atoms with Crippen LogP contribution in [0.25, 0.3) is 0 Å². The third kappa shape index (κ3) is 4.00. The summed E-state index contributed by atoms with van der Waals surface area (Å²) in [4.78, 5) is 0. The molecule has 0 aromatic heterocycles. The van der Waals surface area contributed by atoms with Crippen LogP contribution in [0.3, 0.4) is 0 Å². The highest BCUT2D eigenvalue weighted by Crippen LogP contribution is 2.42. The Labute approximate surface area is 130 Å². The van der Waals surface area contributed by atoms with E-state index in [4.69, 9.17) is 4.74 Å². The van der Waals surface area contributed by atoms with Gasteiger partial charge in [-0.25, -0.2) is 0 Å². The first kappa shape index (κ1) is 15.0. The summed E-state index contributed by atoms with van der Waals surface area (Å²) in [6.07, 6.45) is 3.50. The van der Waals surface area contributed by atoms with E-state index in [9.17, 15) is 0 Å². The molecule has 0 radical (unpaired) electrons. The van der Waals surface area contributed by atoms with Crippen molar-refractivity contribution in [3.05, 3.63) is 24.0 Å². The minimum Gasteiger partial charge on any atom is -0.492 e. The fourth-order valence-electron chi connectivity index (χ4n) is 1.19. The van der Waals surface area contributed by atoms with Gasteiger partial charge in [0.2, 0.25) is 0 Å². The second-order valence-electron chi connectivity index (χ2n) is 3.35. The van der Waals surface area contributed by atoms with Crippen LogP contribution in [0.5, 0.6) is 5.75 Å². The Morgan fingerprint density at radius 3 is 2.31 bits per heavy atom. The molecule has 0 fully saturated rings. The SMILES string of the molecule is CCCCCOc1cc(Br)c(Br)c(Br)c1Br. The number of rotatable bonds is 5. The normalized spacial score (nSPS) is 10.6. The maximum atomic E-state index is 5.73. The van der Waals surface area contributed by atoms with Gasteiger partial charge in [0.1, 0.15) is 5.75 Å². The van der Waals surface area contributed by atoms with Crippen LogP contribution in [0.4, 0.5) is 0 Å². The third-order valence-corrected chi connectivity index (χ3v) is 6.70. The number of benzene rings is 1. The van der Waals surface area contributed by atoms with Crippen LogP contribution < -0.4 is 4.74 Å². The van der Waals surface area contributed by atoms with Crippen molar-refractivity contribution in [1.29, 1.82) is 0 Å². The predicted octanol–water partition coefficient (Wildman–Crippen LogP) is 6.31. The molecular weight excluding hydrogens is 468 g/mol. The predicted molar refractivity (Wildman–Crippen MR) is 82.3 cm³/mol. The van der Waals surface area contributed by atoms with Crippen LogP contribution in [0.2, 0.25) is 0 Å². The van der Waals surface area contributed by atoms with Gasteiger partial charge in [0, 0.05) is 8.95 Å². The Bertz CT molecular complexity index is 365. The molecule has 90 valence electrons. The molecule has 1 aromatic carbocycles. The molecule has 0 unspecified atom stereocenters. The van der Waals surface area contributed by atoms with E-state index in [1.165, 1.54) is 12.8 Å². The van der Waals surface area contributed by atoms with Crippen molar-refractivity contribution in [2.45, 2.75) is 26.2 Å². The first-order valence-electron chi connectivity index (χ1n) is 5.03. The van der Waals surface area contributed by atoms with Gasteiger partial charge in [-0.05, 0) is 76.2 Å². The zero-order chi connectivity index (χ0) is 12.1. The lowest BCUT2D eigenvalue weighted by molar-refractivity contribution is 0.304. The summed E-state index contributed by atoms with van der Waals surface area (Å²) in [6.45, 7) is 2.94. The third-order valence-electron chi connectivity index (χ3n) is 2.07. The molecule has 1 rings (SSSR count). The van der Waals surface area contributed by atoms with E-state index >= 15 is 0 Å². The minimum absolute atomic E-state index is 0.757. The van der Waals surface area contributed by atoms with E-state index in [2.05, 4.69) is 70.6 Å². The fourth-order valence-corrected chi connectivity index (χ4v) is 3.28. The Morgan fingerprint density at radius 1 is 1.00 bits per heavy atom. The van der Waals surface area contributed by atoms with Crippen molar-refractivity contribution in [1.82, 2.24) is 0 Å². The van der Waals surface area contributed by atoms with Crippen LogP contribution in [0, 0.1) is 0 Å². The molecule has 0 aliphatic rings. The highest BCUT2D eigenvalue weighted by Gasteiger charge is 2.12. The second-order valence-corrected chi connectivity index (χ2v) is 6.59. The summed E-state index contributed by atoms with van der Waals surface area (Å²) < 4.78 is 9.60. The maximum absolute atomic E-state index is 5.73. The molecule has 0 saturated carbocycles. The first-order valence-corrected chi connectivity index (χ1v) is 8.21. The smallest absolute Gasteiger partial charge is 0.135 e. The van der Waals surface area contributed by atoms with Crippen molar-refractivity contribution in [2.75, 3.05) is 6.61 Å². The number of ether oxygens (including phenoxy) is 1. The van der Waals surface area contributed by atoms with Crippen LogP contribution in [0.15, 0.2) is 24.0 Å². The summed E-state index contributed by atoms with van der Waals surface area (Å²) in [6, 6.07) is 1.96. The Morgan fingerprint density at radius 2 is 1.69 bits per heavy atom. The topological polar surface area (TPSA) is 9.23 Å². The molecule has 0 saturated heterocycles. The number of halogens is 4. The lowest BCUT2D eigenvalue weighted by atomic mass is 10.3. The van der Waals surface area contributed by atoms with Gasteiger partial charge in [0.05, 0.1) is 15.6 Å². The maximum Gasteiger partial charge on any atom is 0.135 e. The fraction of sp³-hybridized carbons (Fsp3) is 0.455. The molecule has 16 heavy (non-hydrogen) atoms. The summed E-state index contributed by atoms with van der Waals surface area (Å²) in [5, 5.41) is 0. The van der Waals surface area contributed by atoms with E-state index in [1.807, 2.05) is 6.07 Å². The van der Waals surface area contributed by atoms with Gasteiger partial charge in [-0.3, -0.25) is 0 Å². The molecule has 1 nitrogen and oxygen atoms in total. The summed E-state index contributed by atoms with van der Waals surface area (Å²) in [7, 11) is 0. The van der Waals surface area contributed by atoms with E-state index in [0.717, 1.165) is 36.7 Å². The van der Waals surface area contributed by atoms with Gasteiger partial charge in [-0.15, -0.1) is 0 Å². The highest BCUT2D eigenvalue weighted by atomic mass is 79.9. The summed E-state index contributed by atoms with van der Waals surface area (Å²) >= 11 is 14.0. The Hall–Kier alpha value is 0.940. The first-order chi connectivity index (χ1) is 7.57.